The van der Waals surface area contributed by atoms with Crippen LogP contribution in [0.4, 0.5) is 23.7 Å². The molecule has 1 aromatic carbocycles. The summed E-state index contributed by atoms with van der Waals surface area (Å²) in [6, 6.07) is 4.53. The summed E-state index contributed by atoms with van der Waals surface area (Å²) < 4.78 is 39.4. The average molecular weight is 482 g/mol. The van der Waals surface area contributed by atoms with Crippen molar-refractivity contribution < 1.29 is 27.6 Å². The highest BCUT2D eigenvalue weighted by Gasteiger charge is 2.55. The first-order chi connectivity index (χ1) is 16.1. The van der Waals surface area contributed by atoms with Gasteiger partial charge < -0.3 is 10.6 Å². The van der Waals surface area contributed by atoms with Gasteiger partial charge in [-0.25, -0.2) is 9.69 Å². The summed E-state index contributed by atoms with van der Waals surface area (Å²) in [7, 11) is 0. The zero-order valence-electron chi connectivity index (χ0n) is 19.2. The molecule has 34 heavy (non-hydrogen) atoms. The van der Waals surface area contributed by atoms with E-state index in [0.29, 0.717) is 32.6 Å². The van der Waals surface area contributed by atoms with E-state index >= 15 is 0 Å². The van der Waals surface area contributed by atoms with Crippen molar-refractivity contribution >= 4 is 23.5 Å². The van der Waals surface area contributed by atoms with Crippen LogP contribution in [0.15, 0.2) is 24.3 Å². The largest absolute Gasteiger partial charge is 0.418 e. The maximum absolute atomic E-state index is 13.1. The number of alkyl halides is 3. The van der Waals surface area contributed by atoms with Gasteiger partial charge in [0, 0.05) is 26.2 Å². The van der Waals surface area contributed by atoms with Crippen LogP contribution in [0.25, 0.3) is 0 Å². The second-order valence-electron chi connectivity index (χ2n) is 9.41. The van der Waals surface area contributed by atoms with Gasteiger partial charge in [-0.15, -0.1) is 0 Å². The fourth-order valence-electron chi connectivity index (χ4n) is 5.14. The monoisotopic (exact) mass is 481 g/mol. The summed E-state index contributed by atoms with van der Waals surface area (Å²) in [5.41, 5.74) is -1.93. The predicted octanol–water partition coefficient (Wildman–Crippen LogP) is 2.72. The molecule has 0 aromatic heterocycles. The Balaban J connectivity index is 1.28. The molecule has 11 heteroatoms. The molecule has 1 saturated carbocycles. The molecule has 2 atom stereocenters. The van der Waals surface area contributed by atoms with Crippen molar-refractivity contribution in [2.24, 2.45) is 5.92 Å². The molecule has 4 amide bonds. The van der Waals surface area contributed by atoms with E-state index in [2.05, 4.69) is 10.6 Å². The Labute approximate surface area is 196 Å². The summed E-state index contributed by atoms with van der Waals surface area (Å²) >= 11 is 0. The average Bonchev–Trinajstić information content (AvgIpc) is 3.01. The third kappa shape index (κ3) is 4.90. The molecule has 2 heterocycles. The van der Waals surface area contributed by atoms with Gasteiger partial charge in [0.05, 0.1) is 24.5 Å². The van der Waals surface area contributed by atoms with Crippen molar-refractivity contribution in [2.75, 3.05) is 44.7 Å². The number of urea groups is 1. The number of anilines is 1. The Morgan fingerprint density at radius 2 is 1.79 bits per heavy atom. The molecule has 2 aliphatic heterocycles. The molecule has 2 N–H and O–H groups in total. The van der Waals surface area contributed by atoms with E-state index in [0.717, 1.165) is 25.3 Å². The van der Waals surface area contributed by atoms with Crippen molar-refractivity contribution in [3.05, 3.63) is 29.8 Å². The van der Waals surface area contributed by atoms with Gasteiger partial charge in [0.1, 0.15) is 5.54 Å². The summed E-state index contributed by atoms with van der Waals surface area (Å²) in [5, 5.41) is 5.31. The minimum atomic E-state index is -4.55. The highest BCUT2D eigenvalue weighted by molar-refractivity contribution is 6.07. The molecule has 0 unspecified atom stereocenters. The van der Waals surface area contributed by atoms with Gasteiger partial charge in [-0.1, -0.05) is 31.9 Å². The van der Waals surface area contributed by atoms with Gasteiger partial charge in [-0.05, 0) is 30.9 Å². The molecule has 2 saturated heterocycles. The van der Waals surface area contributed by atoms with Crippen molar-refractivity contribution in [1.82, 2.24) is 20.0 Å². The van der Waals surface area contributed by atoms with Gasteiger partial charge in [-0.2, -0.15) is 13.2 Å². The molecule has 1 spiro atoms. The van der Waals surface area contributed by atoms with E-state index in [9.17, 15) is 27.6 Å². The number of hydrogen-bond donors (Lipinski definition) is 2. The summed E-state index contributed by atoms with van der Waals surface area (Å²) in [6.45, 7) is 4.23. The Morgan fingerprint density at radius 1 is 1.12 bits per heavy atom. The number of hydrogen-bond acceptors (Lipinski definition) is 5. The number of para-hydroxylation sites is 1. The molecule has 3 aliphatic rings. The number of piperazine rings is 1. The van der Waals surface area contributed by atoms with E-state index in [4.69, 9.17) is 0 Å². The number of imide groups is 1. The van der Waals surface area contributed by atoms with Crippen LogP contribution in [-0.4, -0.2) is 77.5 Å². The van der Waals surface area contributed by atoms with Crippen molar-refractivity contribution in [3.63, 3.8) is 0 Å². The highest BCUT2D eigenvalue weighted by atomic mass is 19.4. The standard InChI is InChI=1S/C23H30F3N5O3/c1-16-6-4-5-9-22(16)20(33)31(21(34)28-22)15-30-12-10-29(11-13-30)14-19(32)27-18-8-3-2-7-17(18)23(24,25)26/h2-3,7-8,16H,4-6,9-15H2,1H3,(H,27,32)(H,28,34)/t16-,22-/m0/s1. The van der Waals surface area contributed by atoms with Crippen LogP contribution < -0.4 is 10.6 Å². The van der Waals surface area contributed by atoms with Crippen LogP contribution in [0.1, 0.15) is 38.2 Å². The molecule has 1 aliphatic carbocycles. The Bertz CT molecular complexity index is 948. The Kier molecular flexibility index (Phi) is 6.86. The first kappa shape index (κ1) is 24.5. The van der Waals surface area contributed by atoms with E-state index in [1.165, 1.54) is 23.1 Å². The third-order valence-corrected chi connectivity index (χ3v) is 7.18. The maximum atomic E-state index is 13.1. The molecular weight excluding hydrogens is 451 g/mol. The fraction of sp³-hybridized carbons (Fsp3) is 0.609. The molecule has 8 nitrogen and oxygen atoms in total. The van der Waals surface area contributed by atoms with Crippen LogP contribution in [0, 0.1) is 5.92 Å². The summed E-state index contributed by atoms with van der Waals surface area (Å²) in [5.74, 6) is -0.581. The molecule has 0 bridgehead atoms. The van der Waals surface area contributed by atoms with E-state index in [-0.39, 0.29) is 36.8 Å². The first-order valence-corrected chi connectivity index (χ1v) is 11.6. The lowest BCUT2D eigenvalue weighted by molar-refractivity contribution is -0.137. The van der Waals surface area contributed by atoms with Crippen LogP contribution in [-0.2, 0) is 15.8 Å². The third-order valence-electron chi connectivity index (χ3n) is 7.18. The predicted molar refractivity (Wildman–Crippen MR) is 119 cm³/mol. The molecule has 1 aromatic rings. The van der Waals surface area contributed by atoms with E-state index in [1.54, 1.807) is 0 Å². The number of carbonyl (C=O) groups is 3. The molecule has 186 valence electrons. The minimum absolute atomic E-state index is 0.0379. The molecule has 3 fully saturated rings. The first-order valence-electron chi connectivity index (χ1n) is 11.6. The summed E-state index contributed by atoms with van der Waals surface area (Å²) in [6.07, 6.45) is -1.01. The molecular formula is C23H30F3N5O3. The number of halogens is 3. The topological polar surface area (TPSA) is 85.0 Å². The van der Waals surface area contributed by atoms with Crippen LogP contribution in [0.3, 0.4) is 0 Å². The number of nitrogens with zero attached hydrogens (tertiary/aromatic N) is 3. The normalized spacial score (nSPS) is 26.7. The quantitative estimate of drug-likeness (QED) is 0.632. The van der Waals surface area contributed by atoms with Crippen molar-refractivity contribution in [3.8, 4) is 0 Å². The number of rotatable bonds is 5. The smallest absolute Gasteiger partial charge is 0.324 e. The Hall–Kier alpha value is -2.66. The van der Waals surface area contributed by atoms with Crippen molar-refractivity contribution in [2.45, 2.75) is 44.3 Å². The van der Waals surface area contributed by atoms with Crippen LogP contribution in [0.5, 0.6) is 0 Å². The van der Waals surface area contributed by atoms with Gasteiger partial charge in [0.15, 0.2) is 0 Å². The van der Waals surface area contributed by atoms with Crippen LogP contribution >= 0.6 is 0 Å². The van der Waals surface area contributed by atoms with Gasteiger partial charge >= 0.3 is 12.2 Å². The number of carbonyl (C=O) groups excluding carboxylic acids is 3. The lowest BCUT2D eigenvalue weighted by Crippen LogP contribution is -2.55. The fourth-order valence-corrected chi connectivity index (χ4v) is 5.14. The number of nitrogens with one attached hydrogen (secondary N) is 2. The van der Waals surface area contributed by atoms with Gasteiger partial charge in [0.2, 0.25) is 5.91 Å². The molecule has 0 radical (unpaired) electrons. The SMILES string of the molecule is C[C@H]1CCCC[C@]12NC(=O)N(CN1CCN(CC(=O)Nc3ccccc3C(F)(F)F)CC1)C2=O. The lowest BCUT2D eigenvalue weighted by atomic mass is 9.73. The number of amides is 4. The lowest BCUT2D eigenvalue weighted by Gasteiger charge is -2.38. The zero-order chi connectivity index (χ0) is 24.5. The molecule has 4 rings (SSSR count). The second-order valence-corrected chi connectivity index (χ2v) is 9.41. The minimum Gasteiger partial charge on any atom is -0.324 e. The number of benzene rings is 1. The van der Waals surface area contributed by atoms with Gasteiger partial charge in [0.25, 0.3) is 5.91 Å². The zero-order valence-corrected chi connectivity index (χ0v) is 19.2. The van der Waals surface area contributed by atoms with Crippen molar-refractivity contribution in [1.29, 1.82) is 0 Å². The van der Waals surface area contributed by atoms with E-state index < -0.39 is 23.2 Å². The maximum Gasteiger partial charge on any atom is 0.418 e. The van der Waals surface area contributed by atoms with E-state index in [1.807, 2.05) is 16.7 Å². The van der Waals surface area contributed by atoms with Crippen LogP contribution in [0.2, 0.25) is 0 Å². The summed E-state index contributed by atoms with van der Waals surface area (Å²) in [4.78, 5) is 43.2. The van der Waals surface area contributed by atoms with Gasteiger partial charge in [-0.3, -0.25) is 19.4 Å². The highest BCUT2D eigenvalue weighted by Crippen LogP contribution is 2.38. The Morgan fingerprint density at radius 3 is 2.47 bits per heavy atom. The second kappa shape index (κ2) is 9.53.